The van der Waals surface area contributed by atoms with Crippen LogP contribution in [0.2, 0.25) is 0 Å². The number of halogens is 3. The fourth-order valence-corrected chi connectivity index (χ4v) is 0.692. The minimum absolute atomic E-state index is 0. The molecule has 1 aromatic rings. The van der Waals surface area contributed by atoms with Crippen LogP contribution in [0.25, 0.3) is 0 Å². The van der Waals surface area contributed by atoms with Gasteiger partial charge in [-0.1, -0.05) is 0 Å². The maximum Gasteiger partial charge on any atom is 1.00 e. The molecule has 0 aliphatic rings. The Morgan fingerprint density at radius 2 is 1.73 bits per heavy atom. The second kappa shape index (κ2) is 5.39. The number of carbonyl (C=O) groups excluding carboxylic acids is 1. The monoisotopic (exact) mass is 228 g/mol. The SMILES string of the molecule is O=C([O-])C(F)(F)Oc1ccc(F)cc1.[Na+]. The molecule has 0 bridgehead atoms. The average molecular weight is 228 g/mol. The molecule has 0 aliphatic carbocycles. The van der Waals surface area contributed by atoms with Gasteiger partial charge in [-0.15, -0.1) is 0 Å². The molecular weight excluding hydrogens is 224 g/mol. The van der Waals surface area contributed by atoms with Crippen molar-refractivity contribution in [3.05, 3.63) is 30.1 Å². The van der Waals surface area contributed by atoms with Crippen LogP contribution >= 0.6 is 0 Å². The predicted octanol–water partition coefficient (Wildman–Crippen LogP) is -2.45. The molecular formula is C8H4F3NaO3. The second-order valence-corrected chi connectivity index (χ2v) is 2.36. The summed E-state index contributed by atoms with van der Waals surface area (Å²) in [4.78, 5) is 9.83. The van der Waals surface area contributed by atoms with Crippen molar-refractivity contribution < 1.29 is 57.4 Å². The largest absolute Gasteiger partial charge is 1.00 e. The van der Waals surface area contributed by atoms with Crippen molar-refractivity contribution in [1.29, 1.82) is 0 Å². The maximum absolute atomic E-state index is 12.4. The van der Waals surface area contributed by atoms with Crippen LogP contribution in [-0.2, 0) is 4.79 Å². The number of hydrogen-bond donors (Lipinski definition) is 0. The molecule has 0 unspecified atom stereocenters. The number of benzene rings is 1. The maximum atomic E-state index is 12.4. The molecule has 0 fully saturated rings. The first-order valence-corrected chi connectivity index (χ1v) is 3.45. The van der Waals surface area contributed by atoms with Crippen LogP contribution in [-0.4, -0.2) is 12.1 Å². The normalized spacial score (nSPS) is 10.3. The smallest absolute Gasteiger partial charge is 0.541 e. The molecule has 15 heavy (non-hydrogen) atoms. The van der Waals surface area contributed by atoms with E-state index in [1.165, 1.54) is 0 Å². The van der Waals surface area contributed by atoms with Gasteiger partial charge in [-0.3, -0.25) is 0 Å². The molecule has 1 aromatic carbocycles. The van der Waals surface area contributed by atoms with E-state index in [-0.39, 0.29) is 29.6 Å². The van der Waals surface area contributed by atoms with Crippen molar-refractivity contribution in [2.75, 3.05) is 0 Å². The fourth-order valence-electron chi connectivity index (χ4n) is 0.692. The summed E-state index contributed by atoms with van der Waals surface area (Å²) >= 11 is 0. The summed E-state index contributed by atoms with van der Waals surface area (Å²) in [5.74, 6) is -3.75. The van der Waals surface area contributed by atoms with Gasteiger partial charge >= 0.3 is 35.7 Å². The molecule has 0 N–H and O–H groups in total. The predicted molar refractivity (Wildman–Crippen MR) is 37.0 cm³/mol. The van der Waals surface area contributed by atoms with Crippen LogP contribution < -0.4 is 39.4 Å². The Labute approximate surface area is 105 Å². The number of carboxylic acid groups (broad SMARTS) is 1. The molecule has 0 aromatic heterocycles. The summed E-state index contributed by atoms with van der Waals surface area (Å²) in [6.45, 7) is 0. The van der Waals surface area contributed by atoms with Gasteiger partial charge < -0.3 is 14.6 Å². The van der Waals surface area contributed by atoms with Crippen molar-refractivity contribution in [3.63, 3.8) is 0 Å². The summed E-state index contributed by atoms with van der Waals surface area (Å²) in [7, 11) is 0. The van der Waals surface area contributed by atoms with Crippen molar-refractivity contribution in [3.8, 4) is 5.75 Å². The van der Waals surface area contributed by atoms with E-state index in [1.54, 1.807) is 0 Å². The van der Waals surface area contributed by atoms with E-state index in [0.29, 0.717) is 0 Å². The van der Waals surface area contributed by atoms with Crippen molar-refractivity contribution in [1.82, 2.24) is 0 Å². The number of aliphatic carboxylic acids is 1. The molecule has 1 rings (SSSR count). The van der Waals surface area contributed by atoms with E-state index in [9.17, 15) is 23.1 Å². The third kappa shape index (κ3) is 4.11. The molecule has 0 amide bonds. The summed E-state index contributed by atoms with van der Waals surface area (Å²) in [5.41, 5.74) is 0. The zero-order valence-electron chi connectivity index (χ0n) is 7.67. The van der Waals surface area contributed by atoms with E-state index in [1.807, 2.05) is 0 Å². The van der Waals surface area contributed by atoms with E-state index in [0.717, 1.165) is 24.3 Å². The van der Waals surface area contributed by atoms with Crippen molar-refractivity contribution >= 4 is 5.97 Å². The molecule has 0 saturated heterocycles. The van der Waals surface area contributed by atoms with Crippen LogP contribution in [0.5, 0.6) is 5.75 Å². The van der Waals surface area contributed by atoms with E-state index in [2.05, 4.69) is 4.74 Å². The van der Waals surface area contributed by atoms with Crippen molar-refractivity contribution in [2.24, 2.45) is 0 Å². The molecule has 0 spiro atoms. The first-order chi connectivity index (χ1) is 6.42. The second-order valence-electron chi connectivity index (χ2n) is 2.36. The third-order valence-corrected chi connectivity index (χ3v) is 1.30. The minimum atomic E-state index is -4.42. The Balaban J connectivity index is 0.00000196. The number of hydrogen-bond acceptors (Lipinski definition) is 3. The molecule has 7 heteroatoms. The number of ether oxygens (including phenoxy) is 1. The summed E-state index contributed by atoms with van der Waals surface area (Å²) in [6.07, 6.45) is -4.42. The van der Waals surface area contributed by atoms with Gasteiger partial charge in [-0.05, 0) is 24.3 Å². The molecule has 3 nitrogen and oxygen atoms in total. The topological polar surface area (TPSA) is 49.4 Å². The molecule has 0 aliphatic heterocycles. The number of rotatable bonds is 3. The molecule has 0 radical (unpaired) electrons. The molecule has 0 atom stereocenters. The molecule has 0 saturated carbocycles. The van der Waals surface area contributed by atoms with E-state index >= 15 is 0 Å². The van der Waals surface area contributed by atoms with Gasteiger partial charge in [0.15, 0.2) is 5.97 Å². The zero-order valence-corrected chi connectivity index (χ0v) is 9.67. The van der Waals surface area contributed by atoms with Gasteiger partial charge in [-0.25, -0.2) is 4.39 Å². The van der Waals surface area contributed by atoms with Gasteiger partial charge in [-0.2, -0.15) is 8.78 Å². The quantitative estimate of drug-likeness (QED) is 0.540. The van der Waals surface area contributed by atoms with Crippen LogP contribution in [0.15, 0.2) is 24.3 Å². The Morgan fingerprint density at radius 1 is 1.27 bits per heavy atom. The van der Waals surface area contributed by atoms with E-state index < -0.39 is 23.6 Å². The van der Waals surface area contributed by atoms with Gasteiger partial charge in [0.2, 0.25) is 0 Å². The van der Waals surface area contributed by atoms with Gasteiger partial charge in [0.25, 0.3) is 0 Å². The Kier molecular flexibility index (Phi) is 5.13. The fraction of sp³-hybridized carbons (Fsp3) is 0.125. The van der Waals surface area contributed by atoms with Crippen LogP contribution in [0.3, 0.4) is 0 Å². The molecule has 76 valence electrons. The first-order valence-electron chi connectivity index (χ1n) is 3.45. The number of carboxylic acids is 1. The third-order valence-electron chi connectivity index (χ3n) is 1.30. The average Bonchev–Trinajstić information content (AvgIpc) is 2.08. The summed E-state index contributed by atoms with van der Waals surface area (Å²) < 4.78 is 40.8. The van der Waals surface area contributed by atoms with Gasteiger partial charge in [0.1, 0.15) is 11.6 Å². The summed E-state index contributed by atoms with van der Waals surface area (Å²) in [5, 5.41) is 9.83. The van der Waals surface area contributed by atoms with Gasteiger partial charge in [0, 0.05) is 0 Å². The van der Waals surface area contributed by atoms with Gasteiger partial charge in [0.05, 0.1) is 0 Å². The first kappa shape index (κ1) is 14.3. The van der Waals surface area contributed by atoms with Crippen LogP contribution in [0.4, 0.5) is 13.2 Å². The van der Waals surface area contributed by atoms with E-state index in [4.69, 9.17) is 0 Å². The summed E-state index contributed by atoms with van der Waals surface area (Å²) in [6, 6.07) is 3.49. The Morgan fingerprint density at radius 3 is 2.13 bits per heavy atom. The molecule has 0 heterocycles. The van der Waals surface area contributed by atoms with Crippen LogP contribution in [0, 0.1) is 5.82 Å². The Bertz CT molecular complexity index is 339. The minimum Gasteiger partial charge on any atom is -0.541 e. The van der Waals surface area contributed by atoms with Crippen molar-refractivity contribution in [2.45, 2.75) is 6.11 Å². The van der Waals surface area contributed by atoms with Crippen LogP contribution in [0.1, 0.15) is 0 Å². The number of alkyl halides is 2. The Hall–Kier alpha value is -0.720. The number of carbonyl (C=O) groups is 1. The standard InChI is InChI=1S/C8H5F3O3.Na/c9-5-1-3-6(4-2-5)14-8(10,11)7(12)13;/h1-4H,(H,12,13);/q;+1/p-1. The zero-order chi connectivity index (χ0) is 10.8.